The van der Waals surface area contributed by atoms with Gasteiger partial charge in [0.1, 0.15) is 0 Å². The lowest BCUT2D eigenvalue weighted by Crippen LogP contribution is -2.30. The number of amides is 1. The average molecular weight is 306 g/mol. The number of β-amino-alcohol motifs (C(OH)–C–C–N with tert-alkyl or cyclic N) is 1. The molecule has 1 fully saturated rings. The van der Waals surface area contributed by atoms with Crippen molar-refractivity contribution in [1.29, 1.82) is 0 Å². The van der Waals surface area contributed by atoms with Gasteiger partial charge in [0.05, 0.1) is 16.9 Å². The van der Waals surface area contributed by atoms with Crippen molar-refractivity contribution in [2.45, 2.75) is 17.4 Å². The molecule has 1 aliphatic rings. The summed E-state index contributed by atoms with van der Waals surface area (Å²) in [7, 11) is 0. The Labute approximate surface area is 120 Å². The molecule has 0 aliphatic carbocycles. The second kappa shape index (κ2) is 6.15. The minimum absolute atomic E-state index is 0.0209. The Morgan fingerprint density at radius 3 is 2.94 bits per heavy atom. The second-order valence-electron chi connectivity index (χ2n) is 4.15. The van der Waals surface area contributed by atoms with Gasteiger partial charge in [0.15, 0.2) is 0 Å². The van der Waals surface area contributed by atoms with Gasteiger partial charge in [0.2, 0.25) is 5.91 Å². The zero-order valence-corrected chi connectivity index (χ0v) is 11.9. The summed E-state index contributed by atoms with van der Waals surface area (Å²) in [5, 5.41) is 10.6. The van der Waals surface area contributed by atoms with Crippen molar-refractivity contribution in [3.63, 3.8) is 0 Å². The number of likely N-dealkylation sites (tertiary alicyclic amines) is 1. The van der Waals surface area contributed by atoms with Crippen molar-refractivity contribution < 1.29 is 9.90 Å². The zero-order valence-electron chi connectivity index (χ0n) is 9.60. The molecule has 0 saturated carbocycles. The standard InChI is InChI=1S/C12H13Cl2NO2S/c13-8-1-2-10(14)11(5-8)18-7-12(17)15-4-3-9(16)6-15/h1-2,5,9,16H,3-4,6-7H2/t9-/m0/s1. The van der Waals surface area contributed by atoms with Crippen molar-refractivity contribution in [3.05, 3.63) is 28.2 Å². The highest BCUT2D eigenvalue weighted by Gasteiger charge is 2.24. The summed E-state index contributed by atoms with van der Waals surface area (Å²) >= 11 is 13.3. The normalized spacial score (nSPS) is 19.3. The molecule has 98 valence electrons. The Morgan fingerprint density at radius 2 is 2.28 bits per heavy atom. The third-order valence-corrected chi connectivity index (χ3v) is 4.48. The molecule has 6 heteroatoms. The SMILES string of the molecule is O=C(CSc1cc(Cl)ccc1Cl)N1CC[C@H](O)C1. The summed E-state index contributed by atoms with van der Waals surface area (Å²) in [6.45, 7) is 1.06. The zero-order chi connectivity index (χ0) is 13.1. The molecule has 1 aromatic rings. The lowest BCUT2D eigenvalue weighted by atomic mass is 10.3. The van der Waals surface area contributed by atoms with Gasteiger partial charge in [-0.15, -0.1) is 11.8 Å². The first-order valence-electron chi connectivity index (χ1n) is 5.60. The van der Waals surface area contributed by atoms with Gasteiger partial charge in [-0.25, -0.2) is 0 Å². The van der Waals surface area contributed by atoms with E-state index in [1.54, 1.807) is 23.1 Å². The van der Waals surface area contributed by atoms with Gasteiger partial charge in [0, 0.05) is 23.0 Å². The lowest BCUT2D eigenvalue weighted by molar-refractivity contribution is -0.127. The topological polar surface area (TPSA) is 40.5 Å². The fourth-order valence-electron chi connectivity index (χ4n) is 1.79. The van der Waals surface area contributed by atoms with Gasteiger partial charge in [-0.05, 0) is 24.6 Å². The van der Waals surface area contributed by atoms with Crippen LogP contribution in [0.5, 0.6) is 0 Å². The highest BCUT2D eigenvalue weighted by molar-refractivity contribution is 8.00. The first-order valence-corrected chi connectivity index (χ1v) is 7.34. The van der Waals surface area contributed by atoms with Gasteiger partial charge >= 0.3 is 0 Å². The molecule has 0 bridgehead atoms. The fourth-order valence-corrected chi connectivity index (χ4v) is 3.18. The van der Waals surface area contributed by atoms with Crippen LogP contribution < -0.4 is 0 Å². The highest BCUT2D eigenvalue weighted by atomic mass is 35.5. The molecule has 18 heavy (non-hydrogen) atoms. The summed E-state index contributed by atoms with van der Waals surface area (Å²) < 4.78 is 0. The number of carbonyl (C=O) groups excluding carboxylic acids is 1. The number of hydrogen-bond donors (Lipinski definition) is 1. The highest BCUT2D eigenvalue weighted by Crippen LogP contribution is 2.30. The van der Waals surface area contributed by atoms with E-state index in [4.69, 9.17) is 23.2 Å². The molecular formula is C12H13Cl2NO2S. The van der Waals surface area contributed by atoms with Gasteiger partial charge < -0.3 is 10.0 Å². The predicted octanol–water partition coefficient (Wildman–Crippen LogP) is 2.68. The molecule has 1 amide bonds. The molecule has 1 heterocycles. The molecular weight excluding hydrogens is 293 g/mol. The van der Waals surface area contributed by atoms with E-state index in [-0.39, 0.29) is 12.0 Å². The van der Waals surface area contributed by atoms with Crippen LogP contribution in [0.2, 0.25) is 10.0 Å². The van der Waals surface area contributed by atoms with Crippen LogP contribution in [0.25, 0.3) is 0 Å². The quantitative estimate of drug-likeness (QED) is 0.873. The van der Waals surface area contributed by atoms with E-state index in [9.17, 15) is 9.90 Å². The average Bonchev–Trinajstić information content (AvgIpc) is 2.77. The first kappa shape index (κ1) is 14.0. The maximum atomic E-state index is 11.9. The number of carbonyl (C=O) groups is 1. The Kier molecular flexibility index (Phi) is 4.78. The maximum absolute atomic E-state index is 11.9. The summed E-state index contributed by atoms with van der Waals surface area (Å²) in [6, 6.07) is 5.18. The summed E-state index contributed by atoms with van der Waals surface area (Å²) in [5.74, 6) is 0.333. The van der Waals surface area contributed by atoms with Crippen LogP contribution in [0.3, 0.4) is 0 Å². The largest absolute Gasteiger partial charge is 0.391 e. The Hall–Kier alpha value is -0.420. The molecule has 3 nitrogen and oxygen atoms in total. The molecule has 2 rings (SSSR count). The van der Waals surface area contributed by atoms with Crippen LogP contribution in [0.4, 0.5) is 0 Å². The van der Waals surface area contributed by atoms with Crippen LogP contribution in [-0.4, -0.2) is 40.9 Å². The van der Waals surface area contributed by atoms with Crippen LogP contribution >= 0.6 is 35.0 Å². The lowest BCUT2D eigenvalue weighted by Gasteiger charge is -2.15. The Morgan fingerprint density at radius 1 is 1.50 bits per heavy atom. The third-order valence-electron chi connectivity index (χ3n) is 2.76. The van der Waals surface area contributed by atoms with Crippen molar-refractivity contribution in [2.75, 3.05) is 18.8 Å². The molecule has 1 atom stereocenters. The van der Waals surface area contributed by atoms with Crippen LogP contribution in [-0.2, 0) is 4.79 Å². The fraction of sp³-hybridized carbons (Fsp3) is 0.417. The monoisotopic (exact) mass is 305 g/mol. The van der Waals surface area contributed by atoms with Crippen molar-refractivity contribution >= 4 is 40.9 Å². The molecule has 0 spiro atoms. The predicted molar refractivity (Wildman–Crippen MR) is 74.4 cm³/mol. The second-order valence-corrected chi connectivity index (χ2v) is 6.01. The van der Waals surface area contributed by atoms with E-state index < -0.39 is 0 Å². The third kappa shape index (κ3) is 3.54. The Balaban J connectivity index is 1.91. The van der Waals surface area contributed by atoms with Gasteiger partial charge in [-0.2, -0.15) is 0 Å². The molecule has 0 unspecified atom stereocenters. The smallest absolute Gasteiger partial charge is 0.233 e. The van der Waals surface area contributed by atoms with Crippen LogP contribution in [0.1, 0.15) is 6.42 Å². The van der Waals surface area contributed by atoms with Gasteiger partial charge in [-0.1, -0.05) is 23.2 Å². The number of benzene rings is 1. The number of rotatable bonds is 3. The van der Waals surface area contributed by atoms with E-state index in [0.717, 1.165) is 4.90 Å². The van der Waals surface area contributed by atoms with Crippen LogP contribution in [0, 0.1) is 0 Å². The summed E-state index contributed by atoms with van der Waals surface area (Å²) in [6.07, 6.45) is 0.280. The van der Waals surface area contributed by atoms with Crippen molar-refractivity contribution in [1.82, 2.24) is 4.90 Å². The minimum Gasteiger partial charge on any atom is -0.391 e. The number of nitrogens with zero attached hydrogens (tertiary/aromatic N) is 1. The molecule has 1 aromatic carbocycles. The summed E-state index contributed by atoms with van der Waals surface area (Å²) in [4.78, 5) is 14.4. The van der Waals surface area contributed by atoms with Crippen molar-refractivity contribution in [2.24, 2.45) is 0 Å². The number of thioether (sulfide) groups is 1. The molecule has 1 saturated heterocycles. The van der Waals surface area contributed by atoms with E-state index in [1.807, 2.05) is 0 Å². The first-order chi connectivity index (χ1) is 8.56. The molecule has 0 aromatic heterocycles. The Bertz CT molecular complexity index is 456. The number of hydrogen-bond acceptors (Lipinski definition) is 3. The van der Waals surface area contributed by atoms with Gasteiger partial charge in [0.25, 0.3) is 0 Å². The molecule has 1 aliphatic heterocycles. The van der Waals surface area contributed by atoms with E-state index in [1.165, 1.54) is 11.8 Å². The van der Waals surface area contributed by atoms with Gasteiger partial charge in [-0.3, -0.25) is 4.79 Å². The minimum atomic E-state index is -0.381. The van der Waals surface area contributed by atoms with E-state index in [0.29, 0.717) is 35.3 Å². The maximum Gasteiger partial charge on any atom is 0.233 e. The summed E-state index contributed by atoms with van der Waals surface area (Å²) in [5.41, 5.74) is 0. The molecule has 0 radical (unpaired) electrons. The van der Waals surface area contributed by atoms with Crippen molar-refractivity contribution in [3.8, 4) is 0 Å². The van der Waals surface area contributed by atoms with Crippen LogP contribution in [0.15, 0.2) is 23.1 Å². The van der Waals surface area contributed by atoms with E-state index >= 15 is 0 Å². The number of halogens is 2. The molecule has 1 N–H and O–H groups in total. The number of aliphatic hydroxyl groups is 1. The van der Waals surface area contributed by atoms with E-state index in [2.05, 4.69) is 0 Å². The number of aliphatic hydroxyl groups excluding tert-OH is 1.